The molecule has 0 bridgehead atoms. The molecule has 8 heteroatoms. The number of ether oxygens (including phenoxy) is 1. The lowest BCUT2D eigenvalue weighted by atomic mass is 10.3. The highest BCUT2D eigenvalue weighted by molar-refractivity contribution is 6.28. The molecule has 1 heterocycles. The Hall–Kier alpha value is -1.37. The summed E-state index contributed by atoms with van der Waals surface area (Å²) in [5, 5.41) is -0.655. The molecule has 0 radical (unpaired) electrons. The Labute approximate surface area is 93.4 Å². The number of aromatic nitrogens is 2. The number of esters is 1. The Kier molecular flexibility index (Phi) is 3.69. The molecule has 0 aliphatic rings. The van der Waals surface area contributed by atoms with Gasteiger partial charge in [0.05, 0.1) is 6.61 Å². The largest absolute Gasteiger partial charge is 0.461 e. The van der Waals surface area contributed by atoms with Crippen molar-refractivity contribution in [2.24, 2.45) is 0 Å². The van der Waals surface area contributed by atoms with Gasteiger partial charge < -0.3 is 4.74 Å². The van der Waals surface area contributed by atoms with Crippen molar-refractivity contribution in [1.29, 1.82) is 0 Å². The fourth-order valence-corrected chi connectivity index (χ4v) is 1.05. The lowest BCUT2D eigenvalue weighted by molar-refractivity contribution is -0.141. The van der Waals surface area contributed by atoms with E-state index in [0.717, 1.165) is 0 Å². The van der Waals surface area contributed by atoms with Crippen LogP contribution in [0.3, 0.4) is 0 Å². The summed E-state index contributed by atoms with van der Waals surface area (Å²) >= 11 is 5.27. The van der Waals surface area contributed by atoms with Crippen LogP contribution < -0.4 is 0 Å². The van der Waals surface area contributed by atoms with Crippen LogP contribution in [0.1, 0.15) is 23.1 Å². The maximum absolute atomic E-state index is 12.3. The number of hydrogen-bond acceptors (Lipinski definition) is 4. The molecule has 88 valence electrons. The van der Waals surface area contributed by atoms with Crippen molar-refractivity contribution in [3.8, 4) is 0 Å². The Morgan fingerprint density at radius 3 is 2.62 bits per heavy atom. The van der Waals surface area contributed by atoms with Crippen LogP contribution in [0.2, 0.25) is 5.28 Å². The fraction of sp³-hybridized carbons (Fsp3) is 0.375. The minimum Gasteiger partial charge on any atom is -0.461 e. The van der Waals surface area contributed by atoms with Gasteiger partial charge in [0.15, 0.2) is 5.69 Å². The molecule has 16 heavy (non-hydrogen) atoms. The summed E-state index contributed by atoms with van der Waals surface area (Å²) in [5.41, 5.74) is -1.80. The molecule has 0 atom stereocenters. The van der Waals surface area contributed by atoms with Crippen molar-refractivity contribution in [3.05, 3.63) is 22.7 Å². The maximum Gasteiger partial charge on any atom is 0.433 e. The fourth-order valence-electron chi connectivity index (χ4n) is 0.873. The van der Waals surface area contributed by atoms with Gasteiger partial charge in [0, 0.05) is 6.07 Å². The molecule has 0 aromatic carbocycles. The smallest absolute Gasteiger partial charge is 0.433 e. The normalized spacial score (nSPS) is 11.3. The molecule has 4 nitrogen and oxygen atoms in total. The Morgan fingerprint density at radius 2 is 2.12 bits per heavy atom. The van der Waals surface area contributed by atoms with E-state index in [1.165, 1.54) is 6.92 Å². The molecule has 0 aliphatic carbocycles. The number of hydrogen-bond donors (Lipinski definition) is 0. The van der Waals surface area contributed by atoms with Crippen molar-refractivity contribution in [1.82, 2.24) is 9.97 Å². The third-order valence-electron chi connectivity index (χ3n) is 1.47. The second kappa shape index (κ2) is 4.65. The quantitative estimate of drug-likeness (QED) is 0.600. The van der Waals surface area contributed by atoms with Crippen LogP contribution >= 0.6 is 11.6 Å². The molecular weight excluding hydrogens is 249 g/mol. The van der Waals surface area contributed by atoms with E-state index in [2.05, 4.69) is 14.7 Å². The molecule has 0 fully saturated rings. The van der Waals surface area contributed by atoms with Crippen LogP contribution in [-0.2, 0) is 10.9 Å². The molecule has 0 saturated heterocycles. The zero-order valence-corrected chi connectivity index (χ0v) is 8.76. The van der Waals surface area contributed by atoms with E-state index in [-0.39, 0.29) is 6.61 Å². The van der Waals surface area contributed by atoms with Gasteiger partial charge in [0.25, 0.3) is 0 Å². The van der Waals surface area contributed by atoms with Gasteiger partial charge in [-0.1, -0.05) is 0 Å². The van der Waals surface area contributed by atoms with Crippen LogP contribution in [0.4, 0.5) is 13.2 Å². The van der Waals surface area contributed by atoms with Gasteiger partial charge in [-0.25, -0.2) is 14.8 Å². The minimum absolute atomic E-state index is 0.0296. The van der Waals surface area contributed by atoms with Crippen LogP contribution in [0.25, 0.3) is 0 Å². The summed E-state index contributed by atoms with van der Waals surface area (Å²) < 4.78 is 41.4. The Bertz CT molecular complexity index is 409. The molecule has 0 amide bonds. The van der Waals surface area contributed by atoms with Gasteiger partial charge in [-0.2, -0.15) is 13.2 Å². The van der Waals surface area contributed by atoms with E-state index in [4.69, 9.17) is 11.6 Å². The minimum atomic E-state index is -4.69. The Morgan fingerprint density at radius 1 is 1.50 bits per heavy atom. The molecule has 1 rings (SSSR count). The molecule has 0 unspecified atom stereocenters. The van der Waals surface area contributed by atoms with E-state index >= 15 is 0 Å². The molecule has 0 aliphatic heterocycles. The van der Waals surface area contributed by atoms with Gasteiger partial charge in [-0.3, -0.25) is 0 Å². The van der Waals surface area contributed by atoms with E-state index < -0.39 is 28.8 Å². The molecule has 1 aromatic rings. The first-order valence-corrected chi connectivity index (χ1v) is 4.51. The zero-order chi connectivity index (χ0) is 12.3. The van der Waals surface area contributed by atoms with Crippen molar-refractivity contribution < 1.29 is 22.7 Å². The lowest BCUT2D eigenvalue weighted by Gasteiger charge is -2.07. The third-order valence-corrected chi connectivity index (χ3v) is 1.64. The van der Waals surface area contributed by atoms with Crippen molar-refractivity contribution in [2.45, 2.75) is 13.1 Å². The monoisotopic (exact) mass is 254 g/mol. The van der Waals surface area contributed by atoms with Crippen molar-refractivity contribution in [2.75, 3.05) is 6.61 Å². The summed E-state index contributed by atoms with van der Waals surface area (Å²) in [6.07, 6.45) is -4.69. The van der Waals surface area contributed by atoms with Crippen molar-refractivity contribution in [3.63, 3.8) is 0 Å². The molecule has 0 saturated carbocycles. The lowest BCUT2D eigenvalue weighted by Crippen LogP contribution is -2.14. The Balaban J connectivity index is 3.13. The molecule has 1 aromatic heterocycles. The standard InChI is InChI=1S/C8H6ClF3N2O2/c1-2-16-6(15)4-3-5(8(10,11)12)14-7(9)13-4/h3H,2H2,1H3. The number of halogens is 4. The van der Waals surface area contributed by atoms with Gasteiger partial charge in [0.2, 0.25) is 5.28 Å². The summed E-state index contributed by atoms with van der Waals surface area (Å²) in [7, 11) is 0. The van der Waals surface area contributed by atoms with Gasteiger partial charge in [-0.05, 0) is 18.5 Å². The summed E-state index contributed by atoms with van der Waals surface area (Å²) in [6, 6.07) is 0.490. The van der Waals surface area contributed by atoms with E-state index in [1.54, 1.807) is 0 Å². The van der Waals surface area contributed by atoms with Crippen LogP contribution in [0, 0.1) is 0 Å². The first kappa shape index (κ1) is 12.7. The van der Waals surface area contributed by atoms with Crippen LogP contribution in [0.15, 0.2) is 6.07 Å². The second-order valence-corrected chi connectivity index (χ2v) is 2.96. The van der Waals surface area contributed by atoms with Gasteiger partial charge in [0.1, 0.15) is 5.69 Å². The van der Waals surface area contributed by atoms with E-state index in [0.29, 0.717) is 6.07 Å². The second-order valence-electron chi connectivity index (χ2n) is 2.63. The van der Waals surface area contributed by atoms with Crippen LogP contribution in [0.5, 0.6) is 0 Å². The predicted molar refractivity (Wildman–Crippen MR) is 48.0 cm³/mol. The number of nitrogens with zero attached hydrogens (tertiary/aromatic N) is 2. The van der Waals surface area contributed by atoms with Crippen molar-refractivity contribution >= 4 is 17.6 Å². The average Bonchev–Trinajstić information content (AvgIpc) is 2.16. The van der Waals surface area contributed by atoms with Gasteiger partial charge >= 0.3 is 12.1 Å². The first-order valence-electron chi connectivity index (χ1n) is 4.13. The molecule has 0 spiro atoms. The van der Waals surface area contributed by atoms with E-state index in [1.807, 2.05) is 0 Å². The average molecular weight is 255 g/mol. The highest BCUT2D eigenvalue weighted by Crippen LogP contribution is 2.28. The predicted octanol–water partition coefficient (Wildman–Crippen LogP) is 2.33. The topological polar surface area (TPSA) is 52.1 Å². The summed E-state index contributed by atoms with van der Waals surface area (Å²) in [5.74, 6) is -0.975. The number of carbonyl (C=O) groups excluding carboxylic acids is 1. The highest BCUT2D eigenvalue weighted by atomic mass is 35.5. The maximum atomic E-state index is 12.3. The molecular formula is C8H6ClF3N2O2. The number of carbonyl (C=O) groups is 1. The summed E-state index contributed by atoms with van der Waals surface area (Å²) in [6.45, 7) is 1.55. The summed E-state index contributed by atoms with van der Waals surface area (Å²) in [4.78, 5) is 17.5. The third kappa shape index (κ3) is 3.06. The van der Waals surface area contributed by atoms with E-state index in [9.17, 15) is 18.0 Å². The number of alkyl halides is 3. The SMILES string of the molecule is CCOC(=O)c1cc(C(F)(F)F)nc(Cl)n1. The molecule has 0 N–H and O–H groups in total. The zero-order valence-electron chi connectivity index (χ0n) is 8.01. The number of rotatable bonds is 2. The first-order chi connectivity index (χ1) is 7.34. The van der Waals surface area contributed by atoms with Crippen LogP contribution in [-0.4, -0.2) is 22.5 Å². The van der Waals surface area contributed by atoms with Gasteiger partial charge in [-0.15, -0.1) is 0 Å². The highest BCUT2D eigenvalue weighted by Gasteiger charge is 2.34.